The normalized spacial score (nSPS) is 11.4. The maximum absolute atomic E-state index is 8.81. The van der Waals surface area contributed by atoms with Crippen LogP contribution < -0.4 is 0 Å². The first-order valence-corrected chi connectivity index (χ1v) is 9.63. The van der Waals surface area contributed by atoms with Gasteiger partial charge in [0.25, 0.3) is 0 Å². The second-order valence-corrected chi connectivity index (χ2v) is 11.3. The summed E-state index contributed by atoms with van der Waals surface area (Å²) in [5.41, 5.74) is 0. The highest BCUT2D eigenvalue weighted by Gasteiger charge is 2.12. The van der Waals surface area contributed by atoms with Gasteiger partial charge in [0.15, 0.2) is 0 Å². The predicted octanol–water partition coefficient (Wildman–Crippen LogP) is 2.83. The Hall–Kier alpha value is -0.643. The molecule has 0 aliphatic rings. The molecule has 0 saturated carbocycles. The highest BCUT2D eigenvalue weighted by molar-refractivity contribution is 9.10. The Bertz CT molecular complexity index is 392. The van der Waals surface area contributed by atoms with E-state index in [2.05, 4.69) is 40.6 Å². The molecule has 1 aromatic heterocycles. The molecule has 0 N–H and O–H groups in total. The Labute approximate surface area is 105 Å². The van der Waals surface area contributed by atoms with Crippen LogP contribution in [0.1, 0.15) is 5.82 Å². The number of nitrogens with zero attached hydrogens (tertiary/aromatic N) is 3. The van der Waals surface area contributed by atoms with Crippen LogP contribution in [0.5, 0.6) is 0 Å². The molecule has 0 fully saturated rings. The van der Waals surface area contributed by atoms with Gasteiger partial charge >= 0.3 is 0 Å². The summed E-state index contributed by atoms with van der Waals surface area (Å²) < 4.78 is 7.90. The van der Waals surface area contributed by atoms with Gasteiger partial charge in [0.2, 0.25) is 5.82 Å². The summed E-state index contributed by atoms with van der Waals surface area (Å²) in [5, 5.41) is 8.81. The highest BCUT2D eigenvalue weighted by Crippen LogP contribution is 2.11. The van der Waals surface area contributed by atoms with Crippen LogP contribution in [0.4, 0.5) is 0 Å². The Morgan fingerprint density at radius 3 is 2.81 bits per heavy atom. The van der Waals surface area contributed by atoms with Crippen molar-refractivity contribution in [3.05, 3.63) is 16.6 Å². The quantitative estimate of drug-likeness (QED) is 0.621. The van der Waals surface area contributed by atoms with Crippen LogP contribution in [0, 0.1) is 11.3 Å². The lowest BCUT2D eigenvalue weighted by atomic mass is 10.7. The molecule has 1 aromatic rings. The molecule has 0 amide bonds. The van der Waals surface area contributed by atoms with Crippen molar-refractivity contribution in [1.29, 1.82) is 5.26 Å². The SMILES string of the molecule is C[Si](C)(C)CCOCn1cc(Br)nc1C#N. The van der Waals surface area contributed by atoms with E-state index in [1.807, 2.05) is 6.07 Å². The summed E-state index contributed by atoms with van der Waals surface area (Å²) in [5.74, 6) is 0.375. The molecule has 1 heterocycles. The maximum Gasteiger partial charge on any atom is 0.215 e. The van der Waals surface area contributed by atoms with Crippen LogP contribution >= 0.6 is 15.9 Å². The number of ether oxygens (including phenoxy) is 1. The smallest absolute Gasteiger partial charge is 0.215 e. The minimum absolute atomic E-state index is 0.375. The van der Waals surface area contributed by atoms with Gasteiger partial charge in [-0.25, -0.2) is 4.98 Å². The fourth-order valence-corrected chi connectivity index (χ4v) is 2.28. The van der Waals surface area contributed by atoms with Gasteiger partial charge in [-0.15, -0.1) is 0 Å². The van der Waals surface area contributed by atoms with Gasteiger partial charge in [-0.1, -0.05) is 19.6 Å². The van der Waals surface area contributed by atoms with E-state index in [9.17, 15) is 0 Å². The van der Waals surface area contributed by atoms with E-state index < -0.39 is 8.07 Å². The molecule has 16 heavy (non-hydrogen) atoms. The van der Waals surface area contributed by atoms with Gasteiger partial charge in [-0.2, -0.15) is 5.26 Å². The van der Waals surface area contributed by atoms with Crippen molar-refractivity contribution in [2.45, 2.75) is 32.4 Å². The summed E-state index contributed by atoms with van der Waals surface area (Å²) in [6, 6.07) is 3.15. The van der Waals surface area contributed by atoms with E-state index in [1.54, 1.807) is 10.8 Å². The van der Waals surface area contributed by atoms with Gasteiger partial charge < -0.3 is 4.74 Å². The van der Waals surface area contributed by atoms with Crippen molar-refractivity contribution in [2.75, 3.05) is 6.61 Å². The van der Waals surface area contributed by atoms with E-state index in [1.165, 1.54) is 0 Å². The Kier molecular flexibility index (Phi) is 4.71. The lowest BCUT2D eigenvalue weighted by molar-refractivity contribution is 0.0865. The number of hydrogen-bond acceptors (Lipinski definition) is 3. The minimum atomic E-state index is -1.04. The van der Waals surface area contributed by atoms with Gasteiger partial charge in [0, 0.05) is 20.9 Å². The molecule has 6 heteroatoms. The first-order valence-electron chi connectivity index (χ1n) is 5.13. The molecule has 0 aliphatic heterocycles. The van der Waals surface area contributed by atoms with E-state index in [-0.39, 0.29) is 0 Å². The number of imidazole rings is 1. The van der Waals surface area contributed by atoms with Crippen molar-refractivity contribution < 1.29 is 4.74 Å². The molecule has 0 spiro atoms. The van der Waals surface area contributed by atoms with Crippen LogP contribution in [0.2, 0.25) is 25.7 Å². The summed E-state index contributed by atoms with van der Waals surface area (Å²) in [6.45, 7) is 8.07. The third kappa shape index (κ3) is 4.47. The Morgan fingerprint density at radius 1 is 1.56 bits per heavy atom. The zero-order valence-electron chi connectivity index (χ0n) is 9.83. The molecule has 4 nitrogen and oxygen atoms in total. The summed E-state index contributed by atoms with van der Waals surface area (Å²) in [6.07, 6.45) is 1.76. The number of nitriles is 1. The standard InChI is InChI=1S/C10H16BrN3OSi/c1-16(2,3)5-4-15-8-14-7-9(11)13-10(14)6-12/h7H,4-5,8H2,1-3H3. The zero-order valence-corrected chi connectivity index (χ0v) is 12.4. The molecule has 0 aliphatic carbocycles. The van der Waals surface area contributed by atoms with E-state index in [0.717, 1.165) is 12.7 Å². The number of rotatable bonds is 5. The van der Waals surface area contributed by atoms with Gasteiger partial charge in [0.1, 0.15) is 17.4 Å². The monoisotopic (exact) mass is 301 g/mol. The van der Waals surface area contributed by atoms with E-state index in [4.69, 9.17) is 10.00 Å². The fraction of sp³-hybridized carbons (Fsp3) is 0.600. The van der Waals surface area contributed by atoms with Crippen molar-refractivity contribution in [2.24, 2.45) is 0 Å². The second-order valence-electron chi connectivity index (χ2n) is 4.82. The van der Waals surface area contributed by atoms with Gasteiger partial charge in [0.05, 0.1) is 0 Å². The minimum Gasteiger partial charge on any atom is -0.361 e. The second kappa shape index (κ2) is 5.62. The third-order valence-corrected chi connectivity index (χ3v) is 4.16. The summed E-state index contributed by atoms with van der Waals surface area (Å²) in [4.78, 5) is 4.00. The average Bonchev–Trinajstić information content (AvgIpc) is 2.52. The first-order chi connectivity index (χ1) is 7.42. The van der Waals surface area contributed by atoms with Crippen LogP contribution in [-0.2, 0) is 11.5 Å². The van der Waals surface area contributed by atoms with E-state index in [0.29, 0.717) is 17.2 Å². The lowest BCUT2D eigenvalue weighted by Gasteiger charge is -2.15. The van der Waals surface area contributed by atoms with Crippen molar-refractivity contribution in [1.82, 2.24) is 9.55 Å². The fourth-order valence-electron chi connectivity index (χ4n) is 1.11. The van der Waals surface area contributed by atoms with Crippen LogP contribution in [0.3, 0.4) is 0 Å². The van der Waals surface area contributed by atoms with Crippen molar-refractivity contribution >= 4 is 24.0 Å². The first kappa shape index (κ1) is 13.4. The van der Waals surface area contributed by atoms with Crippen LogP contribution in [-0.4, -0.2) is 24.2 Å². The van der Waals surface area contributed by atoms with Gasteiger partial charge in [-0.3, -0.25) is 4.57 Å². The molecule has 88 valence electrons. The summed E-state index contributed by atoms with van der Waals surface area (Å²) in [7, 11) is -1.04. The third-order valence-electron chi connectivity index (χ3n) is 2.07. The number of hydrogen-bond donors (Lipinski definition) is 0. The molecule has 0 saturated heterocycles. The number of aromatic nitrogens is 2. The highest BCUT2D eigenvalue weighted by atomic mass is 79.9. The molecule has 0 radical (unpaired) electrons. The average molecular weight is 302 g/mol. The predicted molar refractivity (Wildman–Crippen MR) is 68.7 cm³/mol. The Balaban J connectivity index is 2.41. The topological polar surface area (TPSA) is 50.8 Å². The Morgan fingerprint density at radius 2 is 2.25 bits per heavy atom. The maximum atomic E-state index is 8.81. The molecular formula is C10H16BrN3OSi. The van der Waals surface area contributed by atoms with Gasteiger partial charge in [-0.05, 0) is 22.0 Å². The van der Waals surface area contributed by atoms with E-state index >= 15 is 0 Å². The van der Waals surface area contributed by atoms with Crippen molar-refractivity contribution in [3.8, 4) is 6.07 Å². The molecule has 1 rings (SSSR count). The van der Waals surface area contributed by atoms with Crippen LogP contribution in [0.25, 0.3) is 0 Å². The molecule has 0 atom stereocenters. The molecular weight excluding hydrogens is 286 g/mol. The van der Waals surface area contributed by atoms with Crippen LogP contribution in [0.15, 0.2) is 10.8 Å². The molecule has 0 aromatic carbocycles. The summed E-state index contributed by atoms with van der Waals surface area (Å²) >= 11 is 3.23. The number of halogens is 1. The van der Waals surface area contributed by atoms with Crippen molar-refractivity contribution in [3.63, 3.8) is 0 Å². The lowest BCUT2D eigenvalue weighted by Crippen LogP contribution is -2.22. The zero-order chi connectivity index (χ0) is 12.2. The molecule has 0 bridgehead atoms. The molecule has 0 unspecified atom stereocenters. The largest absolute Gasteiger partial charge is 0.361 e.